The molecule has 2 aromatic carbocycles. The minimum atomic E-state index is -3.88. The lowest BCUT2D eigenvalue weighted by Gasteiger charge is -2.09. The molecule has 134 valence electrons. The minimum absolute atomic E-state index is 0.0843. The van der Waals surface area contributed by atoms with Crippen molar-refractivity contribution in [2.75, 3.05) is 6.61 Å². The summed E-state index contributed by atoms with van der Waals surface area (Å²) in [7, 11) is -3.88. The fourth-order valence-corrected chi connectivity index (χ4v) is 5.69. The number of nitrogens with zero attached hydrogens (tertiary/aromatic N) is 1. The van der Waals surface area contributed by atoms with Crippen LogP contribution >= 0.6 is 0 Å². The Bertz CT molecular complexity index is 961. The van der Waals surface area contributed by atoms with E-state index in [2.05, 4.69) is 0 Å². The molecule has 0 unspecified atom stereocenters. The van der Waals surface area contributed by atoms with E-state index in [0.29, 0.717) is 5.56 Å². The Balaban J connectivity index is 2.13. The normalized spacial score (nSPS) is 24.5. The van der Waals surface area contributed by atoms with Crippen molar-refractivity contribution < 1.29 is 17.9 Å². The van der Waals surface area contributed by atoms with E-state index in [9.17, 15) is 18.5 Å². The highest BCUT2D eigenvalue weighted by molar-refractivity contribution is 7.92. The molecule has 0 heterocycles. The molecule has 0 spiro atoms. The Labute approximate surface area is 153 Å². The van der Waals surface area contributed by atoms with Crippen molar-refractivity contribution in [3.05, 3.63) is 65.7 Å². The maximum absolute atomic E-state index is 13.2. The van der Waals surface area contributed by atoms with Gasteiger partial charge in [0.05, 0.1) is 17.6 Å². The number of carbonyl (C=O) groups is 1. The summed E-state index contributed by atoms with van der Waals surface area (Å²) < 4.78 is 31.4. The molecule has 0 aliphatic heterocycles. The Kier molecular flexibility index (Phi) is 4.59. The van der Waals surface area contributed by atoms with Gasteiger partial charge in [-0.15, -0.1) is 0 Å². The van der Waals surface area contributed by atoms with Crippen LogP contribution in [0.1, 0.15) is 24.0 Å². The summed E-state index contributed by atoms with van der Waals surface area (Å²) in [5.74, 6) is -1.53. The first-order valence-corrected chi connectivity index (χ1v) is 9.88. The van der Waals surface area contributed by atoms with Crippen molar-refractivity contribution in [1.82, 2.24) is 0 Å². The number of nitriles is 1. The van der Waals surface area contributed by atoms with Crippen LogP contribution in [0.15, 0.2) is 59.5 Å². The summed E-state index contributed by atoms with van der Waals surface area (Å²) in [5.41, 5.74) is -0.0646. The fourth-order valence-electron chi connectivity index (χ4n) is 3.42. The molecule has 2 aromatic rings. The molecule has 1 saturated carbocycles. The quantitative estimate of drug-likeness (QED) is 0.757. The largest absolute Gasteiger partial charge is 0.465 e. The van der Waals surface area contributed by atoms with Gasteiger partial charge in [0, 0.05) is 5.92 Å². The number of sulfone groups is 1. The van der Waals surface area contributed by atoms with Gasteiger partial charge in [0.25, 0.3) is 0 Å². The molecule has 6 heteroatoms. The first kappa shape index (κ1) is 18.2. The van der Waals surface area contributed by atoms with Crippen LogP contribution in [0.2, 0.25) is 0 Å². The van der Waals surface area contributed by atoms with Gasteiger partial charge in [-0.3, -0.25) is 4.79 Å². The Hall–Kier alpha value is -2.65. The second-order valence-corrected chi connectivity index (χ2v) is 8.44. The summed E-state index contributed by atoms with van der Waals surface area (Å²) in [6, 6.07) is 17.1. The van der Waals surface area contributed by atoms with Crippen LogP contribution in [-0.2, 0) is 19.4 Å². The van der Waals surface area contributed by atoms with E-state index in [1.54, 1.807) is 37.3 Å². The van der Waals surface area contributed by atoms with Gasteiger partial charge < -0.3 is 4.74 Å². The maximum Gasteiger partial charge on any atom is 0.328 e. The van der Waals surface area contributed by atoms with E-state index in [-0.39, 0.29) is 11.5 Å². The molecular formula is C20H19NO4S. The Morgan fingerprint density at radius 1 is 1.15 bits per heavy atom. The molecule has 0 N–H and O–H groups in total. The third-order valence-electron chi connectivity index (χ3n) is 4.77. The lowest BCUT2D eigenvalue weighted by Crippen LogP contribution is -2.25. The SMILES string of the molecule is CCOC(=O)[C@]1(C#N)[C@H](c2ccc(C)cc2)[C@H]1S(=O)(=O)c1ccccc1. The van der Waals surface area contributed by atoms with E-state index in [0.717, 1.165) is 5.56 Å². The number of rotatable bonds is 5. The highest BCUT2D eigenvalue weighted by atomic mass is 32.2. The molecule has 5 nitrogen and oxygen atoms in total. The molecule has 1 aliphatic carbocycles. The third-order valence-corrected chi connectivity index (χ3v) is 7.02. The molecule has 1 aliphatic rings. The predicted octanol–water partition coefficient (Wildman–Crippen LogP) is 3.01. The van der Waals surface area contributed by atoms with E-state index >= 15 is 0 Å². The third kappa shape index (κ3) is 2.69. The molecule has 3 rings (SSSR count). The van der Waals surface area contributed by atoms with Crippen LogP contribution in [-0.4, -0.2) is 26.2 Å². The summed E-state index contributed by atoms with van der Waals surface area (Å²) in [5, 5.41) is 8.64. The number of hydrogen-bond donors (Lipinski definition) is 0. The first-order chi connectivity index (χ1) is 12.4. The van der Waals surface area contributed by atoms with Crippen LogP contribution in [0.25, 0.3) is 0 Å². The topological polar surface area (TPSA) is 84.2 Å². The van der Waals surface area contributed by atoms with E-state index < -0.39 is 32.4 Å². The Morgan fingerprint density at radius 3 is 2.31 bits per heavy atom. The fraction of sp³-hybridized carbons (Fsp3) is 0.300. The van der Waals surface area contributed by atoms with Crippen LogP contribution in [0.3, 0.4) is 0 Å². The smallest absolute Gasteiger partial charge is 0.328 e. The van der Waals surface area contributed by atoms with Gasteiger partial charge in [0.2, 0.25) is 0 Å². The maximum atomic E-state index is 13.2. The van der Waals surface area contributed by atoms with Crippen LogP contribution in [0.4, 0.5) is 0 Å². The van der Waals surface area contributed by atoms with Crippen molar-refractivity contribution >= 4 is 15.8 Å². The number of esters is 1. The highest BCUT2D eigenvalue weighted by Gasteiger charge is 2.77. The van der Waals surface area contributed by atoms with Crippen molar-refractivity contribution in [3.8, 4) is 6.07 Å². The lowest BCUT2D eigenvalue weighted by molar-refractivity contribution is -0.147. The molecule has 0 saturated heterocycles. The van der Waals surface area contributed by atoms with E-state index in [1.807, 2.05) is 25.1 Å². The second-order valence-electron chi connectivity index (χ2n) is 6.37. The number of hydrogen-bond acceptors (Lipinski definition) is 5. The zero-order chi connectivity index (χ0) is 18.9. The number of ether oxygens (including phenoxy) is 1. The monoisotopic (exact) mass is 369 g/mol. The van der Waals surface area contributed by atoms with Gasteiger partial charge in [-0.05, 0) is 31.5 Å². The van der Waals surface area contributed by atoms with E-state index in [4.69, 9.17) is 4.74 Å². The van der Waals surface area contributed by atoms with Gasteiger partial charge in [-0.25, -0.2) is 8.42 Å². The van der Waals surface area contributed by atoms with Gasteiger partial charge >= 0.3 is 5.97 Å². The number of aryl methyl sites for hydroxylation is 1. The van der Waals surface area contributed by atoms with Crippen LogP contribution in [0, 0.1) is 23.7 Å². The molecule has 0 aromatic heterocycles. The van der Waals surface area contributed by atoms with Gasteiger partial charge in [-0.2, -0.15) is 5.26 Å². The van der Waals surface area contributed by atoms with Crippen molar-refractivity contribution in [1.29, 1.82) is 5.26 Å². The molecule has 3 atom stereocenters. The molecule has 0 amide bonds. The molecule has 1 fully saturated rings. The van der Waals surface area contributed by atoms with Crippen molar-refractivity contribution in [3.63, 3.8) is 0 Å². The first-order valence-electron chi connectivity index (χ1n) is 8.33. The molecule has 0 bridgehead atoms. The lowest BCUT2D eigenvalue weighted by atomic mass is 10.00. The molecular weight excluding hydrogens is 350 g/mol. The zero-order valence-corrected chi connectivity index (χ0v) is 15.4. The van der Waals surface area contributed by atoms with Crippen molar-refractivity contribution in [2.45, 2.75) is 29.9 Å². The summed E-state index contributed by atoms with van der Waals surface area (Å²) in [6.45, 7) is 3.63. The van der Waals surface area contributed by atoms with Crippen LogP contribution < -0.4 is 0 Å². The minimum Gasteiger partial charge on any atom is -0.465 e. The summed E-state index contributed by atoms with van der Waals surface area (Å²) in [4.78, 5) is 12.7. The summed E-state index contributed by atoms with van der Waals surface area (Å²) in [6.07, 6.45) is 0. The van der Waals surface area contributed by atoms with Gasteiger partial charge in [0.15, 0.2) is 15.3 Å². The number of benzene rings is 2. The van der Waals surface area contributed by atoms with Crippen molar-refractivity contribution in [2.24, 2.45) is 5.41 Å². The molecule has 26 heavy (non-hydrogen) atoms. The Morgan fingerprint density at radius 2 is 1.77 bits per heavy atom. The average molecular weight is 369 g/mol. The van der Waals surface area contributed by atoms with Gasteiger partial charge in [-0.1, -0.05) is 48.0 Å². The highest BCUT2D eigenvalue weighted by Crippen LogP contribution is 2.64. The molecule has 0 radical (unpaired) electrons. The average Bonchev–Trinajstić information content (AvgIpc) is 3.35. The standard InChI is InChI=1S/C20H19NO4S/c1-3-25-19(22)20(13-21)17(15-11-9-14(2)10-12-15)18(20)26(23,24)16-7-5-4-6-8-16/h4-12,17-18H,3H2,1-2H3/t17-,18-,20-/m1/s1. The van der Waals surface area contributed by atoms with Crippen LogP contribution in [0.5, 0.6) is 0 Å². The zero-order valence-electron chi connectivity index (χ0n) is 14.5. The van der Waals surface area contributed by atoms with Gasteiger partial charge in [0.1, 0.15) is 5.25 Å². The number of carbonyl (C=O) groups excluding carboxylic acids is 1. The summed E-state index contributed by atoms with van der Waals surface area (Å²) >= 11 is 0. The van der Waals surface area contributed by atoms with E-state index in [1.165, 1.54) is 12.1 Å². The predicted molar refractivity (Wildman–Crippen MR) is 96.0 cm³/mol. The second kappa shape index (κ2) is 6.58.